The fraction of sp³-hybridized carbons (Fsp3) is 0.333. The third kappa shape index (κ3) is 2.39. The molecule has 1 aliphatic carbocycles. The van der Waals surface area contributed by atoms with Gasteiger partial charge in [0.2, 0.25) is 0 Å². The van der Waals surface area contributed by atoms with E-state index in [9.17, 15) is 0 Å². The van der Waals surface area contributed by atoms with E-state index in [0.29, 0.717) is 0 Å². The number of aryl methyl sites for hydroxylation is 1. The Morgan fingerprint density at radius 1 is 1.58 bits per heavy atom. The predicted molar refractivity (Wildman–Crippen MR) is 60.7 cm³/mol. The standard InChI is InChI=1S/C8H8IS.CH2.Rh/c9-7-2-1-3-8-6(7)4-5-10-8;;/h4-5H,1-3H2;1H2;/q-1;;. The van der Waals surface area contributed by atoms with Gasteiger partial charge in [-0.05, 0) is 0 Å². The first-order valence-electron chi connectivity index (χ1n) is 3.69. The summed E-state index contributed by atoms with van der Waals surface area (Å²) in [6.45, 7) is 0. The van der Waals surface area contributed by atoms with Crippen LogP contribution in [-0.4, -0.2) is 5.11 Å². The summed E-state index contributed by atoms with van der Waals surface area (Å²) >= 11 is 6.67. The zero-order chi connectivity index (χ0) is 8.97. The molecule has 0 spiro atoms. The minimum atomic E-state index is 1.30. The molecule has 12 heavy (non-hydrogen) atoms. The van der Waals surface area contributed by atoms with Gasteiger partial charge in [0.05, 0.1) is 0 Å². The van der Waals surface area contributed by atoms with E-state index >= 15 is 0 Å². The average molecular weight is 380 g/mol. The number of thiophene rings is 1. The third-order valence-electron chi connectivity index (χ3n) is 1.84. The van der Waals surface area contributed by atoms with E-state index in [1.54, 1.807) is 8.80 Å². The molecule has 0 radical (unpaired) electrons. The normalized spacial score (nSPS) is 14.7. The molecule has 0 fully saturated rings. The van der Waals surface area contributed by atoms with Gasteiger partial charge < -0.3 is 0 Å². The van der Waals surface area contributed by atoms with Crippen LogP contribution >= 0.6 is 33.9 Å². The molecule has 1 aromatic heterocycles. The van der Waals surface area contributed by atoms with E-state index in [1.807, 2.05) is 11.3 Å². The van der Waals surface area contributed by atoms with Crippen molar-refractivity contribution >= 4 is 39.0 Å². The second kappa shape index (κ2) is 5.51. The molecule has 1 aromatic rings. The Kier molecular flexibility index (Phi) is 4.99. The van der Waals surface area contributed by atoms with Gasteiger partial charge in [0.25, 0.3) is 0 Å². The first kappa shape index (κ1) is 10.9. The summed E-state index contributed by atoms with van der Waals surface area (Å²) in [7, 11) is 0. The molecule has 0 aromatic carbocycles. The molecule has 1 aliphatic rings. The molecule has 0 atom stereocenters. The molecular formula is C9H10IRhS-. The maximum atomic E-state index is 3.14. The van der Waals surface area contributed by atoms with Crippen molar-refractivity contribution < 1.29 is 17.9 Å². The number of hydrogen-bond acceptors (Lipinski definition) is 1. The number of rotatable bonds is 0. The molecule has 0 unspecified atom stereocenters. The van der Waals surface area contributed by atoms with Crippen LogP contribution in [0.3, 0.4) is 0 Å². The molecule has 0 amide bonds. The van der Waals surface area contributed by atoms with Crippen molar-refractivity contribution in [1.82, 2.24) is 0 Å². The fourth-order valence-electron chi connectivity index (χ4n) is 1.31. The van der Waals surface area contributed by atoms with Crippen molar-refractivity contribution in [2.45, 2.75) is 19.3 Å². The first-order chi connectivity index (χ1) is 5.88. The van der Waals surface area contributed by atoms with Gasteiger partial charge in [-0.1, -0.05) is 29.5 Å². The van der Waals surface area contributed by atoms with Crippen LogP contribution in [0.2, 0.25) is 0 Å². The molecule has 3 heteroatoms. The Balaban J connectivity index is 0.000000336. The van der Waals surface area contributed by atoms with Crippen molar-refractivity contribution in [2.75, 3.05) is 0 Å². The van der Waals surface area contributed by atoms with E-state index in [-0.39, 0.29) is 0 Å². The van der Waals surface area contributed by atoms with Crippen LogP contribution in [0.1, 0.15) is 23.3 Å². The van der Waals surface area contributed by atoms with Gasteiger partial charge in [-0.3, -0.25) is 0 Å². The van der Waals surface area contributed by atoms with Crippen LogP contribution in [-0.2, 0) is 24.3 Å². The zero-order valence-electron chi connectivity index (χ0n) is 6.60. The Hall–Kier alpha value is 0.793. The molecule has 0 bridgehead atoms. The number of hydrogen-bond donors (Lipinski definition) is 0. The topological polar surface area (TPSA) is 0 Å². The van der Waals surface area contributed by atoms with Crippen LogP contribution in [0.4, 0.5) is 0 Å². The van der Waals surface area contributed by atoms with Gasteiger partial charge in [0.1, 0.15) is 0 Å². The third-order valence-corrected chi connectivity index (χ3v) is 3.94. The second-order valence-corrected chi connectivity index (χ2v) is 4.82. The summed E-state index contributed by atoms with van der Waals surface area (Å²) in [5.41, 5.74) is 1.52. The van der Waals surface area contributed by atoms with E-state index in [0.717, 1.165) is 0 Å². The summed E-state index contributed by atoms with van der Waals surface area (Å²) in [4.78, 5) is 1.59. The monoisotopic (exact) mass is 380 g/mol. The van der Waals surface area contributed by atoms with Crippen molar-refractivity contribution in [3.05, 3.63) is 25.8 Å². The Labute approximate surface area is 101 Å². The van der Waals surface area contributed by atoms with Crippen LogP contribution in [0.15, 0.2) is 11.4 Å². The molecule has 69 valence electrons. The molecule has 2 rings (SSSR count). The van der Waals surface area contributed by atoms with Crippen molar-refractivity contribution in [3.8, 4) is 0 Å². The summed E-state index contributed by atoms with van der Waals surface area (Å²) in [6, 6.07) is 2.25. The molecule has 0 N–H and O–H groups in total. The van der Waals surface area contributed by atoms with E-state index in [1.165, 1.54) is 24.8 Å². The Morgan fingerprint density at radius 3 is 3.00 bits per heavy atom. The van der Waals surface area contributed by atoms with E-state index < -0.39 is 0 Å². The second-order valence-electron chi connectivity index (χ2n) is 2.52. The van der Waals surface area contributed by atoms with Gasteiger partial charge >= 0.3 is 23.0 Å². The van der Waals surface area contributed by atoms with Crippen LogP contribution in [0, 0.1) is 3.92 Å². The number of fused-ring (bicyclic) bond motifs is 1. The molecule has 1 heterocycles. The summed E-state index contributed by atoms with van der Waals surface area (Å²) in [5, 5.41) is 5.34. The summed E-state index contributed by atoms with van der Waals surface area (Å²) in [5.74, 6) is 0. The first-order valence-corrected chi connectivity index (χ1v) is 6.81. The van der Waals surface area contributed by atoms with Crippen LogP contribution < -0.4 is 0 Å². The van der Waals surface area contributed by atoms with E-state index in [2.05, 4.69) is 57.0 Å². The van der Waals surface area contributed by atoms with Gasteiger partial charge in [0.15, 0.2) is 0 Å². The van der Waals surface area contributed by atoms with Crippen molar-refractivity contribution in [1.29, 1.82) is 0 Å². The van der Waals surface area contributed by atoms with Crippen LogP contribution in [0.25, 0.3) is 0 Å². The van der Waals surface area contributed by atoms with Crippen molar-refractivity contribution in [2.24, 2.45) is 0 Å². The van der Waals surface area contributed by atoms with Gasteiger partial charge in [0, 0.05) is 0 Å². The molecule has 0 saturated carbocycles. The van der Waals surface area contributed by atoms with Gasteiger partial charge in [-0.2, -0.15) is 11.6 Å². The quantitative estimate of drug-likeness (QED) is 0.368. The Bertz CT molecular complexity index is 246. The van der Waals surface area contributed by atoms with E-state index in [4.69, 9.17) is 0 Å². The molecule has 0 aliphatic heterocycles. The van der Waals surface area contributed by atoms with Crippen molar-refractivity contribution in [3.63, 3.8) is 0 Å². The SMILES string of the molecule is I[C-]1CCCc2sccc21.[CH2]=[Rh]. The molecular weight excluding hydrogens is 370 g/mol. The minimum absolute atomic E-state index is 1.30. The van der Waals surface area contributed by atoms with Crippen LogP contribution in [0.5, 0.6) is 0 Å². The molecule has 0 saturated heterocycles. The summed E-state index contributed by atoms with van der Waals surface area (Å²) < 4.78 is 1.56. The predicted octanol–water partition coefficient (Wildman–Crippen LogP) is 3.36. The maximum absolute atomic E-state index is 3.14. The Morgan fingerprint density at radius 2 is 2.33 bits per heavy atom. The molecule has 0 nitrogen and oxygen atoms in total. The number of halogens is 1. The fourth-order valence-corrected chi connectivity index (χ4v) is 3.33. The zero-order valence-corrected chi connectivity index (χ0v) is 11.2. The van der Waals surface area contributed by atoms with Gasteiger partial charge in [-0.25, -0.2) is 11.3 Å². The average Bonchev–Trinajstić information content (AvgIpc) is 2.57. The summed E-state index contributed by atoms with van der Waals surface area (Å²) in [6.07, 6.45) is 3.95. The van der Waals surface area contributed by atoms with Gasteiger partial charge in [-0.15, -0.1) is 26.5 Å².